The molecule has 2 aromatic heterocycles. The Kier molecular flexibility index (Phi) is 5.71. The van der Waals surface area contributed by atoms with Gasteiger partial charge in [-0.25, -0.2) is 4.68 Å². The molecule has 0 saturated carbocycles. The smallest absolute Gasteiger partial charge is 0.256 e. The van der Waals surface area contributed by atoms with Gasteiger partial charge in [-0.15, -0.1) is 5.10 Å². The van der Waals surface area contributed by atoms with Crippen LogP contribution in [0.5, 0.6) is 0 Å². The van der Waals surface area contributed by atoms with Crippen molar-refractivity contribution in [1.29, 1.82) is 0 Å². The van der Waals surface area contributed by atoms with Crippen LogP contribution in [0.15, 0.2) is 69.6 Å². The number of furan rings is 1. The Morgan fingerprint density at radius 2 is 2.10 bits per heavy atom. The van der Waals surface area contributed by atoms with E-state index in [0.29, 0.717) is 22.4 Å². The van der Waals surface area contributed by atoms with Crippen LogP contribution >= 0.6 is 11.8 Å². The Balaban J connectivity index is 1.68. The van der Waals surface area contributed by atoms with Gasteiger partial charge in [0.05, 0.1) is 11.8 Å². The molecule has 3 aromatic rings. The summed E-state index contributed by atoms with van der Waals surface area (Å²) < 4.78 is 7.42. The Morgan fingerprint density at radius 3 is 2.83 bits per heavy atom. The molecule has 0 fully saturated rings. The van der Waals surface area contributed by atoms with Crippen molar-refractivity contribution in [3.8, 4) is 0 Å². The molecule has 4 rings (SSSR count). The number of amides is 1. The Labute approximate surface area is 173 Å². The molecule has 0 bridgehead atoms. The van der Waals surface area contributed by atoms with Gasteiger partial charge in [-0.3, -0.25) is 4.79 Å². The van der Waals surface area contributed by atoms with Gasteiger partial charge in [0.1, 0.15) is 11.8 Å². The summed E-state index contributed by atoms with van der Waals surface area (Å²) >= 11 is 1.62. The number of carbonyl (C=O) groups is 1. The average molecular weight is 410 g/mol. The lowest BCUT2D eigenvalue weighted by molar-refractivity contribution is -0.113. The molecule has 1 unspecified atom stereocenters. The fourth-order valence-corrected chi connectivity index (χ4v) is 4.14. The Hall–Kier alpha value is -3.00. The number of rotatable bonds is 7. The number of benzene rings is 1. The van der Waals surface area contributed by atoms with Gasteiger partial charge in [0.25, 0.3) is 5.91 Å². The van der Waals surface area contributed by atoms with Crippen LogP contribution in [0.1, 0.15) is 38.5 Å². The van der Waals surface area contributed by atoms with E-state index < -0.39 is 6.04 Å². The molecule has 0 spiro atoms. The van der Waals surface area contributed by atoms with E-state index in [2.05, 4.69) is 27.6 Å². The van der Waals surface area contributed by atoms with E-state index in [1.165, 1.54) is 0 Å². The van der Waals surface area contributed by atoms with E-state index in [-0.39, 0.29) is 5.91 Å². The van der Waals surface area contributed by atoms with Gasteiger partial charge < -0.3 is 15.1 Å². The van der Waals surface area contributed by atoms with Crippen LogP contribution in [-0.4, -0.2) is 26.4 Å². The molecule has 29 heavy (non-hydrogen) atoms. The largest absolute Gasteiger partial charge is 0.467 e. The third-order valence-corrected chi connectivity index (χ3v) is 5.58. The van der Waals surface area contributed by atoms with Gasteiger partial charge in [-0.1, -0.05) is 43.3 Å². The summed E-state index contributed by atoms with van der Waals surface area (Å²) in [5.41, 5.74) is 2.01. The molecule has 2 N–H and O–H groups in total. The van der Waals surface area contributed by atoms with Crippen LogP contribution in [0.2, 0.25) is 0 Å². The summed E-state index contributed by atoms with van der Waals surface area (Å²) in [5, 5.41) is 11.6. The topological polar surface area (TPSA) is 85.0 Å². The van der Waals surface area contributed by atoms with E-state index in [9.17, 15) is 4.79 Å². The Bertz CT molecular complexity index is 1010. The number of nitrogens with one attached hydrogen (secondary N) is 2. The first-order valence-corrected chi connectivity index (χ1v) is 10.6. The second kappa shape index (κ2) is 8.57. The highest BCUT2D eigenvalue weighted by Crippen LogP contribution is 2.36. The first-order chi connectivity index (χ1) is 14.2. The maximum absolute atomic E-state index is 13.2. The number of hydrogen-bond donors (Lipinski definition) is 2. The van der Waals surface area contributed by atoms with Gasteiger partial charge in [0.15, 0.2) is 0 Å². The van der Waals surface area contributed by atoms with Gasteiger partial charge >= 0.3 is 0 Å². The van der Waals surface area contributed by atoms with Crippen LogP contribution in [0.25, 0.3) is 0 Å². The zero-order valence-electron chi connectivity index (χ0n) is 16.4. The molecule has 0 radical (unpaired) electrons. The van der Waals surface area contributed by atoms with Crippen molar-refractivity contribution >= 4 is 29.3 Å². The average Bonchev–Trinajstić information content (AvgIpc) is 3.37. The summed E-state index contributed by atoms with van der Waals surface area (Å²) in [6.45, 7) is 4.03. The molecule has 8 heteroatoms. The van der Waals surface area contributed by atoms with Crippen LogP contribution in [0.3, 0.4) is 0 Å². The van der Waals surface area contributed by atoms with Crippen molar-refractivity contribution in [2.45, 2.75) is 37.9 Å². The van der Waals surface area contributed by atoms with E-state index >= 15 is 0 Å². The third kappa shape index (κ3) is 4.07. The number of nitrogens with zero attached hydrogens (tertiary/aromatic N) is 3. The van der Waals surface area contributed by atoms with Crippen LogP contribution in [-0.2, 0) is 4.79 Å². The summed E-state index contributed by atoms with van der Waals surface area (Å²) in [4.78, 5) is 17.8. The number of unbranched alkanes of at least 4 members (excludes halogenated alkanes) is 1. The van der Waals surface area contributed by atoms with E-state index in [1.54, 1.807) is 22.7 Å². The lowest BCUT2D eigenvalue weighted by atomic mass is 10.00. The van der Waals surface area contributed by atoms with Crippen LogP contribution in [0.4, 0.5) is 11.6 Å². The quantitative estimate of drug-likeness (QED) is 0.435. The summed E-state index contributed by atoms with van der Waals surface area (Å²) in [7, 11) is 0. The highest BCUT2D eigenvalue weighted by Gasteiger charge is 2.36. The normalized spacial score (nSPS) is 15.7. The molecular formula is C21H23N5O2S. The summed E-state index contributed by atoms with van der Waals surface area (Å²) in [5.74, 6) is 2.00. The number of fused-ring (bicyclic) bond motifs is 1. The van der Waals surface area contributed by atoms with Gasteiger partial charge in [0, 0.05) is 17.1 Å². The van der Waals surface area contributed by atoms with Gasteiger partial charge in [-0.05, 0) is 37.6 Å². The highest BCUT2D eigenvalue weighted by atomic mass is 32.2. The number of aromatic nitrogens is 3. The number of carbonyl (C=O) groups excluding carboxylic acids is 1. The molecular weight excluding hydrogens is 386 g/mol. The van der Waals surface area contributed by atoms with Gasteiger partial charge in [0.2, 0.25) is 11.1 Å². The third-order valence-electron chi connectivity index (χ3n) is 4.65. The van der Waals surface area contributed by atoms with Crippen molar-refractivity contribution in [1.82, 2.24) is 14.8 Å². The number of anilines is 2. The standard InChI is InChI=1S/C21H23N5O2S/c1-3-4-13-29-21-24-20-22-14(2)17(19(27)23-15-9-6-5-7-10-15)18(26(20)25-21)16-11-8-12-28-16/h5-12,18H,3-4,13H2,1-2H3,(H,23,27)(H,22,24,25). The number of para-hydroxylation sites is 1. The molecule has 0 aliphatic carbocycles. The zero-order chi connectivity index (χ0) is 20.2. The van der Waals surface area contributed by atoms with Crippen molar-refractivity contribution in [2.24, 2.45) is 0 Å². The maximum Gasteiger partial charge on any atom is 0.256 e. The molecule has 0 saturated heterocycles. The lowest BCUT2D eigenvalue weighted by Gasteiger charge is -2.27. The van der Waals surface area contributed by atoms with E-state index in [4.69, 9.17) is 4.42 Å². The van der Waals surface area contributed by atoms with E-state index in [0.717, 1.165) is 30.0 Å². The Morgan fingerprint density at radius 1 is 1.28 bits per heavy atom. The molecule has 1 aliphatic rings. The molecule has 3 heterocycles. The fraction of sp³-hybridized carbons (Fsp3) is 0.286. The summed E-state index contributed by atoms with van der Waals surface area (Å²) in [6, 6.07) is 12.6. The number of allylic oxidation sites excluding steroid dienone is 1. The first kappa shape index (κ1) is 19.3. The summed E-state index contributed by atoms with van der Waals surface area (Å²) in [6.07, 6.45) is 3.83. The second-order valence-electron chi connectivity index (χ2n) is 6.77. The second-order valence-corrected chi connectivity index (χ2v) is 7.83. The zero-order valence-corrected chi connectivity index (χ0v) is 17.2. The predicted octanol–water partition coefficient (Wildman–Crippen LogP) is 4.69. The van der Waals surface area contributed by atoms with Crippen molar-refractivity contribution < 1.29 is 9.21 Å². The van der Waals surface area contributed by atoms with Crippen LogP contribution < -0.4 is 10.6 Å². The molecule has 1 aromatic carbocycles. The number of hydrogen-bond acceptors (Lipinski definition) is 6. The molecule has 1 aliphatic heterocycles. The highest BCUT2D eigenvalue weighted by molar-refractivity contribution is 7.99. The molecule has 1 atom stereocenters. The van der Waals surface area contributed by atoms with E-state index in [1.807, 2.05) is 49.4 Å². The van der Waals surface area contributed by atoms with Crippen molar-refractivity contribution in [3.05, 3.63) is 65.8 Å². The van der Waals surface area contributed by atoms with Gasteiger partial charge in [-0.2, -0.15) is 4.98 Å². The maximum atomic E-state index is 13.2. The minimum absolute atomic E-state index is 0.205. The van der Waals surface area contributed by atoms with Crippen molar-refractivity contribution in [3.63, 3.8) is 0 Å². The monoisotopic (exact) mass is 409 g/mol. The fourth-order valence-electron chi connectivity index (χ4n) is 3.22. The lowest BCUT2D eigenvalue weighted by Crippen LogP contribution is -2.31. The predicted molar refractivity (Wildman–Crippen MR) is 114 cm³/mol. The molecule has 150 valence electrons. The molecule has 7 nitrogen and oxygen atoms in total. The SMILES string of the molecule is CCCCSc1nc2n(n1)C(c1ccco1)C(C(=O)Nc1ccccc1)=C(C)N2. The minimum atomic E-state index is -0.488. The minimum Gasteiger partial charge on any atom is -0.467 e. The van der Waals surface area contributed by atoms with Crippen molar-refractivity contribution in [2.75, 3.05) is 16.4 Å². The van der Waals surface area contributed by atoms with Crippen LogP contribution in [0, 0.1) is 0 Å². The number of thioether (sulfide) groups is 1. The first-order valence-electron chi connectivity index (χ1n) is 9.64. The molecule has 1 amide bonds.